The van der Waals surface area contributed by atoms with Crippen molar-refractivity contribution in [1.29, 1.82) is 0 Å². The monoisotopic (exact) mass is 1470 g/mol. The highest BCUT2D eigenvalue weighted by atomic mass is 16.8. The van der Waals surface area contributed by atoms with Crippen molar-refractivity contribution in [3.63, 3.8) is 0 Å². The van der Waals surface area contributed by atoms with Crippen LogP contribution in [-0.4, -0.2) is 265 Å². The number of benzene rings is 2. The Balaban J connectivity index is 0.000000412. The van der Waals surface area contributed by atoms with Gasteiger partial charge in [-0.05, 0) is 129 Å². The molecule has 2 aromatic carbocycles. The third-order valence-electron chi connectivity index (χ3n) is 26.0. The lowest BCUT2D eigenvalue weighted by Crippen LogP contribution is -2.68. The molecule has 5 aliphatic heterocycles. The Morgan fingerprint density at radius 2 is 1.15 bits per heavy atom. The van der Waals surface area contributed by atoms with Gasteiger partial charge in [-0.25, -0.2) is 0 Å². The molecule has 3 aromatic rings. The lowest BCUT2D eigenvalue weighted by atomic mass is 9.33. The lowest BCUT2D eigenvalue weighted by molar-refractivity contribution is -0.374. The van der Waals surface area contributed by atoms with Crippen molar-refractivity contribution in [2.45, 2.75) is 274 Å². The first-order valence-electron chi connectivity index (χ1n) is 36.5. The standard InChI is InChI=1S/C58H94O25.C17H14O4/c1-23-44(80-47-40(69)34(63)27(60)21-74-47)38(67)42(71)48(76-23)79-33-13-14-55(7)30(54(33,5)6)12-15-56(8)31(55)11-10-25-26-18-53(3,4)16-17-58(26,32(62)19-57(25,56)9)52(73)83-51-46(35(64)28(61)22-75-51)82-49-43(72)39(68)45(24(2)77-49)81-50-41(70)37(66)36(65)29(20-59)78-50;1-19-13-10-6-9-12-14(18)17(20-2)15(21-16(12)13)11-7-4-3-5-8-11/h10,23-24,26-51,59-72H,11-22H2,1-9H3;3-10H,1-2H3. The summed E-state index contributed by atoms with van der Waals surface area (Å²) in [6.45, 7) is 17.2. The van der Waals surface area contributed by atoms with Gasteiger partial charge in [0.05, 0.1) is 63.8 Å². The molecule has 14 N–H and O–H groups in total. The molecule has 32 unspecified atom stereocenters. The van der Waals surface area contributed by atoms with E-state index in [1.165, 1.54) is 14.0 Å². The molecule has 582 valence electrons. The van der Waals surface area contributed by atoms with Crippen LogP contribution in [0.1, 0.15) is 120 Å². The van der Waals surface area contributed by atoms with Gasteiger partial charge >= 0.3 is 5.97 Å². The van der Waals surface area contributed by atoms with E-state index in [-0.39, 0.29) is 58.7 Å². The van der Waals surface area contributed by atoms with Gasteiger partial charge in [-0.3, -0.25) is 9.59 Å². The fourth-order valence-corrected chi connectivity index (χ4v) is 19.8. The minimum absolute atomic E-state index is 0.129. The van der Waals surface area contributed by atoms with Gasteiger partial charge in [0.25, 0.3) is 0 Å². The number of aliphatic hydroxyl groups is 14. The maximum absolute atomic E-state index is 15.4. The molecule has 13 rings (SSSR count). The number of para-hydroxylation sites is 1. The Kier molecular flexibility index (Phi) is 22.9. The Morgan fingerprint density at radius 1 is 0.567 bits per heavy atom. The summed E-state index contributed by atoms with van der Waals surface area (Å²) in [4.78, 5) is 28.0. The van der Waals surface area contributed by atoms with Crippen molar-refractivity contribution in [1.82, 2.24) is 0 Å². The van der Waals surface area contributed by atoms with E-state index >= 15 is 4.79 Å². The Hall–Kier alpha value is -4.46. The molecule has 0 radical (unpaired) electrons. The van der Waals surface area contributed by atoms with E-state index in [2.05, 4.69) is 54.5 Å². The van der Waals surface area contributed by atoms with E-state index in [1.807, 2.05) is 30.3 Å². The van der Waals surface area contributed by atoms with Crippen LogP contribution in [0, 0.1) is 50.2 Å². The number of carbonyl (C=O) groups excluding carboxylic acids is 1. The van der Waals surface area contributed by atoms with Crippen molar-refractivity contribution in [3.05, 3.63) is 70.4 Å². The Labute approximate surface area is 603 Å². The maximum Gasteiger partial charge on any atom is 0.317 e. The van der Waals surface area contributed by atoms with Gasteiger partial charge < -0.3 is 133 Å². The lowest BCUT2D eigenvalue weighted by Gasteiger charge is -2.71. The first-order valence-corrected chi connectivity index (χ1v) is 36.5. The molecule has 104 heavy (non-hydrogen) atoms. The maximum atomic E-state index is 15.4. The first kappa shape index (κ1) is 79.1. The van der Waals surface area contributed by atoms with Crippen molar-refractivity contribution in [2.75, 3.05) is 34.0 Å². The van der Waals surface area contributed by atoms with E-state index in [0.29, 0.717) is 48.2 Å². The zero-order valence-electron chi connectivity index (χ0n) is 60.7. The molecule has 10 aliphatic rings. The smallest absolute Gasteiger partial charge is 0.317 e. The molecule has 5 aliphatic carbocycles. The predicted octanol–water partition coefficient (Wildman–Crippen LogP) is 1.57. The number of aliphatic hydroxyl groups excluding tert-OH is 14. The van der Waals surface area contributed by atoms with Crippen molar-refractivity contribution < 1.29 is 138 Å². The second kappa shape index (κ2) is 30.1. The largest absolute Gasteiger partial charge is 0.493 e. The van der Waals surface area contributed by atoms with Gasteiger partial charge in [0, 0.05) is 5.56 Å². The van der Waals surface area contributed by atoms with Gasteiger partial charge in [-0.1, -0.05) is 96.5 Å². The molecule has 6 heterocycles. The van der Waals surface area contributed by atoms with Gasteiger partial charge in [0.15, 0.2) is 48.4 Å². The fraction of sp³-hybridized carbons (Fsp3) is 0.760. The SMILES string of the molecule is CC1OC(OC2CCC3(C)C(CCC4(C)C3CC=C3C5CC(C)(C)CCC5(C(=O)OC5OCC(O)C(O)C5OC5OC(C)C(OC6OC(CO)C(O)C(O)C6O)C(O)C5O)C(O)CC34C)C2(C)C)C(O)C(O)C1OC1OCC(O)C(O)C1O.COc1c(-c2ccccc2)oc2c(OC)cccc2c1=O. The number of hydrogen-bond acceptors (Lipinski definition) is 29. The highest BCUT2D eigenvalue weighted by Crippen LogP contribution is 2.76. The normalized spacial score (nSPS) is 46.1. The zero-order chi connectivity index (χ0) is 75.4. The number of rotatable bonds is 14. The minimum Gasteiger partial charge on any atom is -0.493 e. The second-order valence-electron chi connectivity index (χ2n) is 32.8. The highest BCUT2D eigenvalue weighted by molar-refractivity contribution is 5.86. The van der Waals surface area contributed by atoms with Crippen molar-refractivity contribution >= 4 is 16.9 Å². The van der Waals surface area contributed by atoms with Crippen LogP contribution in [0.4, 0.5) is 0 Å². The molecule has 4 saturated carbocycles. The Morgan fingerprint density at radius 3 is 1.79 bits per heavy atom. The van der Waals surface area contributed by atoms with Crippen molar-refractivity contribution in [2.24, 2.45) is 50.2 Å². The van der Waals surface area contributed by atoms with E-state index in [1.54, 1.807) is 32.2 Å². The average Bonchev–Trinajstić information content (AvgIpc) is 0.671. The number of fused-ring (bicyclic) bond motifs is 8. The number of carbonyl (C=O) groups is 1. The number of esters is 1. The van der Waals surface area contributed by atoms with E-state index < -0.39 is 195 Å². The first-order chi connectivity index (χ1) is 49.0. The van der Waals surface area contributed by atoms with Crippen LogP contribution in [0.2, 0.25) is 0 Å². The molecular formula is C75H108O29. The van der Waals surface area contributed by atoms with Crippen LogP contribution in [0.5, 0.6) is 11.5 Å². The van der Waals surface area contributed by atoms with E-state index in [9.17, 15) is 76.3 Å². The fourth-order valence-electron chi connectivity index (χ4n) is 19.8. The molecule has 1 aromatic heterocycles. The molecule has 0 spiro atoms. The second-order valence-corrected chi connectivity index (χ2v) is 32.8. The van der Waals surface area contributed by atoms with Gasteiger partial charge in [-0.2, -0.15) is 0 Å². The molecule has 9 fully saturated rings. The summed E-state index contributed by atoms with van der Waals surface area (Å²) < 4.78 is 76.1. The molecule has 0 bridgehead atoms. The summed E-state index contributed by atoms with van der Waals surface area (Å²) in [6, 6.07) is 14.6. The predicted molar refractivity (Wildman–Crippen MR) is 363 cm³/mol. The summed E-state index contributed by atoms with van der Waals surface area (Å²) >= 11 is 0. The number of ether oxygens (including phenoxy) is 12. The van der Waals surface area contributed by atoms with Crippen LogP contribution in [0.15, 0.2) is 69.4 Å². The zero-order valence-corrected chi connectivity index (χ0v) is 60.7. The molecule has 29 heteroatoms. The summed E-state index contributed by atoms with van der Waals surface area (Å²) in [7, 11) is 3.01. The quantitative estimate of drug-likeness (QED) is 0.0619. The molecule has 5 saturated heterocycles. The van der Waals surface area contributed by atoms with Gasteiger partial charge in [-0.15, -0.1) is 0 Å². The molecule has 0 amide bonds. The number of allylic oxidation sites excluding steroid dienone is 2. The minimum atomic E-state index is -1.93. The molecular weight excluding hydrogens is 1360 g/mol. The van der Waals surface area contributed by atoms with Crippen LogP contribution in [0.25, 0.3) is 22.3 Å². The Bertz CT molecular complexity index is 3570. The van der Waals surface area contributed by atoms with Crippen LogP contribution in [-0.2, 0) is 52.2 Å². The van der Waals surface area contributed by atoms with Crippen LogP contribution < -0.4 is 14.9 Å². The van der Waals surface area contributed by atoms with Gasteiger partial charge in [0.2, 0.25) is 17.5 Å². The number of methoxy groups -OCH3 is 2. The average molecular weight is 1470 g/mol. The van der Waals surface area contributed by atoms with Crippen LogP contribution >= 0.6 is 0 Å². The molecule has 32 atom stereocenters. The summed E-state index contributed by atoms with van der Waals surface area (Å²) in [5.74, 6) is 0.115. The summed E-state index contributed by atoms with van der Waals surface area (Å²) in [5.41, 5.74) is -1.29. The van der Waals surface area contributed by atoms with Crippen LogP contribution in [0.3, 0.4) is 0 Å². The summed E-state index contributed by atoms with van der Waals surface area (Å²) in [5, 5.41) is 153. The van der Waals surface area contributed by atoms with Gasteiger partial charge in [0.1, 0.15) is 97.0 Å². The molecule has 29 nitrogen and oxygen atoms in total. The topological polar surface area (TPSA) is 441 Å². The van der Waals surface area contributed by atoms with E-state index in [4.69, 9.17) is 61.3 Å². The third kappa shape index (κ3) is 13.6. The summed E-state index contributed by atoms with van der Waals surface area (Å²) in [6.07, 6.45) is -29.2. The highest BCUT2D eigenvalue weighted by Gasteiger charge is 2.72. The van der Waals surface area contributed by atoms with E-state index in [0.717, 1.165) is 30.4 Å². The number of hydrogen-bond donors (Lipinski definition) is 14. The van der Waals surface area contributed by atoms with Crippen molar-refractivity contribution in [3.8, 4) is 22.8 Å². The third-order valence-corrected chi connectivity index (χ3v) is 26.0.